The first-order chi connectivity index (χ1) is 10.7. The first kappa shape index (κ1) is 16.7. The summed E-state index contributed by atoms with van der Waals surface area (Å²) in [6.07, 6.45) is 0.248. The number of hydrogen-bond acceptors (Lipinski definition) is 4. The van der Waals surface area contributed by atoms with E-state index in [0.29, 0.717) is 43.2 Å². The maximum Gasteiger partial charge on any atom is 0.252 e. The zero-order chi connectivity index (χ0) is 15.8. The zero-order valence-corrected chi connectivity index (χ0v) is 13.0. The molecule has 7 heteroatoms. The Balaban J connectivity index is 1.63. The SMILES string of the molecule is O=C(C[C@H]1CNCCO1)NCCNC(=O)c1ccccc1Cl. The minimum atomic E-state index is -0.250. The van der Waals surface area contributed by atoms with E-state index < -0.39 is 0 Å². The highest BCUT2D eigenvalue weighted by Gasteiger charge is 2.17. The van der Waals surface area contributed by atoms with Gasteiger partial charge in [-0.2, -0.15) is 0 Å². The van der Waals surface area contributed by atoms with Crippen LogP contribution >= 0.6 is 11.6 Å². The lowest BCUT2D eigenvalue weighted by atomic mass is 10.2. The molecule has 0 saturated carbocycles. The van der Waals surface area contributed by atoms with Crippen LogP contribution in [0.4, 0.5) is 0 Å². The summed E-state index contributed by atoms with van der Waals surface area (Å²) in [5.41, 5.74) is 0.428. The van der Waals surface area contributed by atoms with Gasteiger partial charge in [-0.3, -0.25) is 9.59 Å². The van der Waals surface area contributed by atoms with Crippen molar-refractivity contribution in [2.24, 2.45) is 0 Å². The Morgan fingerprint density at radius 2 is 2.05 bits per heavy atom. The molecule has 2 amide bonds. The van der Waals surface area contributed by atoms with Crippen molar-refractivity contribution in [1.29, 1.82) is 0 Å². The van der Waals surface area contributed by atoms with Gasteiger partial charge in [-0.05, 0) is 12.1 Å². The van der Waals surface area contributed by atoms with Crippen LogP contribution in [0.3, 0.4) is 0 Å². The average Bonchev–Trinajstić information content (AvgIpc) is 2.53. The molecule has 0 spiro atoms. The van der Waals surface area contributed by atoms with E-state index in [-0.39, 0.29) is 17.9 Å². The van der Waals surface area contributed by atoms with Crippen molar-refractivity contribution in [3.63, 3.8) is 0 Å². The van der Waals surface area contributed by atoms with Gasteiger partial charge in [0.25, 0.3) is 5.91 Å². The molecule has 0 bridgehead atoms. The number of morpholine rings is 1. The quantitative estimate of drug-likeness (QED) is 0.668. The number of rotatable bonds is 6. The van der Waals surface area contributed by atoms with Gasteiger partial charge in [0.2, 0.25) is 5.91 Å². The molecule has 1 aromatic rings. The molecule has 120 valence electrons. The van der Waals surface area contributed by atoms with Gasteiger partial charge < -0.3 is 20.7 Å². The van der Waals surface area contributed by atoms with Crippen molar-refractivity contribution in [2.45, 2.75) is 12.5 Å². The fourth-order valence-corrected chi connectivity index (χ4v) is 2.37. The summed E-state index contributed by atoms with van der Waals surface area (Å²) < 4.78 is 5.46. The van der Waals surface area contributed by atoms with E-state index in [1.165, 1.54) is 0 Å². The Labute approximate surface area is 134 Å². The van der Waals surface area contributed by atoms with Crippen molar-refractivity contribution in [1.82, 2.24) is 16.0 Å². The van der Waals surface area contributed by atoms with Crippen LogP contribution in [0.1, 0.15) is 16.8 Å². The Kier molecular flexibility index (Phi) is 6.64. The fourth-order valence-electron chi connectivity index (χ4n) is 2.15. The molecule has 1 aliphatic heterocycles. The van der Waals surface area contributed by atoms with E-state index in [2.05, 4.69) is 16.0 Å². The summed E-state index contributed by atoms with van der Waals surface area (Å²) in [5, 5.41) is 9.05. The average molecular weight is 326 g/mol. The van der Waals surface area contributed by atoms with Crippen LogP contribution in [0.25, 0.3) is 0 Å². The lowest BCUT2D eigenvalue weighted by molar-refractivity contribution is -0.124. The third kappa shape index (κ3) is 5.29. The predicted molar refractivity (Wildman–Crippen MR) is 84.0 cm³/mol. The Morgan fingerprint density at radius 3 is 2.77 bits per heavy atom. The lowest BCUT2D eigenvalue weighted by Gasteiger charge is -2.23. The molecule has 1 aliphatic rings. The number of carbonyl (C=O) groups excluding carboxylic acids is 2. The molecule has 2 rings (SSSR count). The predicted octanol–water partition coefficient (Wildman–Crippen LogP) is 0.565. The van der Waals surface area contributed by atoms with E-state index in [1.807, 2.05) is 0 Å². The monoisotopic (exact) mass is 325 g/mol. The van der Waals surface area contributed by atoms with Crippen LogP contribution in [0, 0.1) is 0 Å². The van der Waals surface area contributed by atoms with Crippen LogP contribution in [0.2, 0.25) is 5.02 Å². The van der Waals surface area contributed by atoms with Crippen molar-refractivity contribution < 1.29 is 14.3 Å². The molecule has 0 radical (unpaired) electrons. The first-order valence-electron chi connectivity index (χ1n) is 7.28. The minimum Gasteiger partial charge on any atom is -0.375 e. The highest BCUT2D eigenvalue weighted by molar-refractivity contribution is 6.33. The standard InChI is InChI=1S/C15H20ClN3O3/c16-13-4-2-1-3-12(13)15(21)19-6-5-18-14(20)9-11-10-17-7-8-22-11/h1-4,11,17H,5-10H2,(H,18,20)(H,19,21)/t11-/m0/s1. The van der Waals surface area contributed by atoms with Crippen LogP contribution in [0.5, 0.6) is 0 Å². The Bertz CT molecular complexity index is 519. The normalized spacial score (nSPS) is 17.8. The Morgan fingerprint density at radius 1 is 1.27 bits per heavy atom. The molecule has 22 heavy (non-hydrogen) atoms. The van der Waals surface area contributed by atoms with Crippen LogP contribution in [-0.4, -0.2) is 50.7 Å². The summed E-state index contributed by atoms with van der Waals surface area (Å²) in [6, 6.07) is 6.84. The number of carbonyl (C=O) groups is 2. The van der Waals surface area contributed by atoms with Crippen molar-refractivity contribution in [3.05, 3.63) is 34.9 Å². The smallest absolute Gasteiger partial charge is 0.252 e. The number of amides is 2. The third-order valence-electron chi connectivity index (χ3n) is 3.27. The summed E-state index contributed by atoms with van der Waals surface area (Å²) in [6.45, 7) is 2.86. The van der Waals surface area contributed by atoms with Gasteiger partial charge in [0.05, 0.1) is 29.7 Å². The first-order valence-corrected chi connectivity index (χ1v) is 7.66. The molecule has 0 unspecified atom stereocenters. The number of nitrogens with one attached hydrogen (secondary N) is 3. The minimum absolute atomic E-state index is 0.0773. The summed E-state index contributed by atoms with van der Waals surface area (Å²) >= 11 is 5.94. The molecule has 1 fully saturated rings. The van der Waals surface area contributed by atoms with Crippen molar-refractivity contribution in [2.75, 3.05) is 32.8 Å². The topological polar surface area (TPSA) is 79.5 Å². The lowest BCUT2D eigenvalue weighted by Crippen LogP contribution is -2.42. The van der Waals surface area contributed by atoms with E-state index in [1.54, 1.807) is 24.3 Å². The van der Waals surface area contributed by atoms with Gasteiger partial charge in [0, 0.05) is 26.2 Å². The molecule has 0 aliphatic carbocycles. The number of halogens is 1. The van der Waals surface area contributed by atoms with Gasteiger partial charge in [-0.15, -0.1) is 0 Å². The van der Waals surface area contributed by atoms with E-state index in [4.69, 9.17) is 16.3 Å². The Hall–Kier alpha value is -1.63. The van der Waals surface area contributed by atoms with E-state index >= 15 is 0 Å². The molecule has 1 saturated heterocycles. The summed E-state index contributed by atoms with van der Waals surface area (Å²) in [5.74, 6) is -0.333. The molecular formula is C15H20ClN3O3. The second kappa shape index (κ2) is 8.73. The van der Waals surface area contributed by atoms with Crippen LogP contribution < -0.4 is 16.0 Å². The van der Waals surface area contributed by atoms with Crippen LogP contribution in [0.15, 0.2) is 24.3 Å². The van der Waals surface area contributed by atoms with Gasteiger partial charge in [-0.1, -0.05) is 23.7 Å². The summed E-state index contributed by atoms with van der Waals surface area (Å²) in [4.78, 5) is 23.6. The molecule has 0 aromatic heterocycles. The molecule has 1 heterocycles. The zero-order valence-electron chi connectivity index (χ0n) is 12.2. The second-order valence-corrected chi connectivity index (χ2v) is 5.39. The fraction of sp³-hybridized carbons (Fsp3) is 0.467. The largest absolute Gasteiger partial charge is 0.375 e. The number of benzene rings is 1. The van der Waals surface area contributed by atoms with Crippen LogP contribution in [-0.2, 0) is 9.53 Å². The van der Waals surface area contributed by atoms with E-state index in [0.717, 1.165) is 6.54 Å². The number of ether oxygens (including phenoxy) is 1. The highest BCUT2D eigenvalue weighted by Crippen LogP contribution is 2.14. The van der Waals surface area contributed by atoms with Gasteiger partial charge in [-0.25, -0.2) is 0 Å². The van der Waals surface area contributed by atoms with Crippen molar-refractivity contribution >= 4 is 23.4 Å². The summed E-state index contributed by atoms with van der Waals surface area (Å²) in [7, 11) is 0. The van der Waals surface area contributed by atoms with Gasteiger partial charge in [0.15, 0.2) is 0 Å². The molecule has 1 aromatic carbocycles. The molecular weight excluding hydrogens is 306 g/mol. The third-order valence-corrected chi connectivity index (χ3v) is 3.60. The second-order valence-electron chi connectivity index (χ2n) is 4.99. The maximum absolute atomic E-state index is 11.9. The van der Waals surface area contributed by atoms with E-state index in [9.17, 15) is 9.59 Å². The maximum atomic E-state index is 11.9. The molecule has 1 atom stereocenters. The molecule has 6 nitrogen and oxygen atoms in total. The highest BCUT2D eigenvalue weighted by atomic mass is 35.5. The van der Waals surface area contributed by atoms with Gasteiger partial charge >= 0.3 is 0 Å². The molecule has 3 N–H and O–H groups in total. The van der Waals surface area contributed by atoms with Crippen molar-refractivity contribution in [3.8, 4) is 0 Å². The van der Waals surface area contributed by atoms with Gasteiger partial charge in [0.1, 0.15) is 0 Å². The number of hydrogen-bond donors (Lipinski definition) is 3.